The molecule has 0 unspecified atom stereocenters. The third-order valence-electron chi connectivity index (χ3n) is 4.79. The van der Waals surface area contributed by atoms with Crippen LogP contribution in [0.3, 0.4) is 0 Å². The maximum Gasteiger partial charge on any atom is 0.229 e. The summed E-state index contributed by atoms with van der Waals surface area (Å²) in [4.78, 5) is 30.8. The Kier molecular flexibility index (Phi) is 5.08. The van der Waals surface area contributed by atoms with Gasteiger partial charge in [-0.1, -0.05) is 19.3 Å². The Morgan fingerprint density at radius 1 is 1.09 bits per heavy atom. The number of hydrogen-bond acceptors (Lipinski definition) is 4. The monoisotopic (exact) mass is 321 g/mol. The van der Waals surface area contributed by atoms with Crippen molar-refractivity contribution < 1.29 is 9.59 Å². The van der Waals surface area contributed by atoms with Crippen molar-refractivity contribution in [1.82, 2.24) is 9.88 Å². The van der Waals surface area contributed by atoms with Crippen LogP contribution in [-0.4, -0.2) is 34.8 Å². The van der Waals surface area contributed by atoms with Crippen LogP contribution in [0.5, 0.6) is 0 Å². The van der Waals surface area contributed by atoms with Crippen molar-refractivity contribution in [2.75, 3.05) is 18.4 Å². The predicted molar refractivity (Wildman–Crippen MR) is 86.6 cm³/mol. The van der Waals surface area contributed by atoms with Crippen molar-refractivity contribution in [3.63, 3.8) is 0 Å². The zero-order valence-electron chi connectivity index (χ0n) is 12.8. The molecular formula is C16H23N3O2S. The molecule has 2 amide bonds. The predicted octanol–water partition coefficient (Wildman–Crippen LogP) is 2.90. The average molecular weight is 321 g/mol. The molecule has 1 aromatic rings. The smallest absolute Gasteiger partial charge is 0.229 e. The molecule has 1 saturated carbocycles. The molecular weight excluding hydrogens is 298 g/mol. The van der Waals surface area contributed by atoms with Crippen molar-refractivity contribution in [3.8, 4) is 0 Å². The number of rotatable bonds is 3. The molecule has 1 aromatic heterocycles. The summed E-state index contributed by atoms with van der Waals surface area (Å²) in [6.45, 7) is 1.43. The van der Waals surface area contributed by atoms with Crippen LogP contribution in [0, 0.1) is 11.8 Å². The normalized spacial score (nSPS) is 20.8. The van der Waals surface area contributed by atoms with Gasteiger partial charge in [0.2, 0.25) is 11.8 Å². The Hall–Kier alpha value is -1.43. The number of piperidine rings is 1. The van der Waals surface area contributed by atoms with E-state index in [1.807, 2.05) is 10.3 Å². The summed E-state index contributed by atoms with van der Waals surface area (Å²) in [5.41, 5.74) is 0. The first-order valence-electron chi connectivity index (χ1n) is 8.23. The summed E-state index contributed by atoms with van der Waals surface area (Å²) in [6, 6.07) is 0. The van der Waals surface area contributed by atoms with Crippen LogP contribution in [0.1, 0.15) is 44.9 Å². The number of nitrogens with zero attached hydrogens (tertiary/aromatic N) is 2. The fourth-order valence-corrected chi connectivity index (χ4v) is 3.99. The van der Waals surface area contributed by atoms with Crippen molar-refractivity contribution in [2.24, 2.45) is 11.8 Å². The lowest BCUT2D eigenvalue weighted by Gasteiger charge is -2.34. The van der Waals surface area contributed by atoms with Crippen LogP contribution >= 0.6 is 11.3 Å². The van der Waals surface area contributed by atoms with Gasteiger partial charge >= 0.3 is 0 Å². The Morgan fingerprint density at radius 3 is 2.45 bits per heavy atom. The third kappa shape index (κ3) is 3.66. The molecule has 1 aliphatic carbocycles. The van der Waals surface area contributed by atoms with Crippen LogP contribution < -0.4 is 5.32 Å². The van der Waals surface area contributed by atoms with Gasteiger partial charge in [-0.05, 0) is 25.7 Å². The fourth-order valence-electron chi connectivity index (χ4n) is 3.46. The Labute approximate surface area is 135 Å². The Bertz CT molecular complexity index is 503. The van der Waals surface area contributed by atoms with Crippen molar-refractivity contribution in [1.29, 1.82) is 0 Å². The van der Waals surface area contributed by atoms with Crippen LogP contribution in [-0.2, 0) is 9.59 Å². The first kappa shape index (κ1) is 15.5. The summed E-state index contributed by atoms with van der Waals surface area (Å²) in [7, 11) is 0. The average Bonchev–Trinajstić information content (AvgIpc) is 3.08. The number of carbonyl (C=O) groups is 2. The van der Waals surface area contributed by atoms with Gasteiger partial charge in [-0.2, -0.15) is 0 Å². The molecule has 0 radical (unpaired) electrons. The molecule has 0 aromatic carbocycles. The second kappa shape index (κ2) is 7.22. The van der Waals surface area contributed by atoms with Gasteiger partial charge in [-0.25, -0.2) is 4.98 Å². The second-order valence-electron chi connectivity index (χ2n) is 6.26. The van der Waals surface area contributed by atoms with Crippen LogP contribution in [0.2, 0.25) is 0 Å². The largest absolute Gasteiger partial charge is 0.342 e. The maximum atomic E-state index is 12.5. The molecule has 5 nitrogen and oxygen atoms in total. The highest BCUT2D eigenvalue weighted by Crippen LogP contribution is 2.28. The summed E-state index contributed by atoms with van der Waals surface area (Å²) in [6.07, 6.45) is 8.93. The molecule has 0 spiro atoms. The van der Waals surface area contributed by atoms with E-state index in [0.29, 0.717) is 24.1 Å². The van der Waals surface area contributed by atoms with Gasteiger partial charge in [0.05, 0.1) is 0 Å². The van der Waals surface area contributed by atoms with Gasteiger partial charge in [-0.15, -0.1) is 11.3 Å². The standard InChI is InChI=1S/C16H23N3O2S/c20-14(18-16-17-8-11-22-16)12-6-9-19(10-7-12)15(21)13-4-2-1-3-5-13/h8,11-13H,1-7,9-10H2,(H,17,18,20). The molecule has 2 fully saturated rings. The highest BCUT2D eigenvalue weighted by atomic mass is 32.1. The van der Waals surface area contributed by atoms with E-state index in [4.69, 9.17) is 0 Å². The maximum absolute atomic E-state index is 12.5. The van der Waals surface area contributed by atoms with E-state index < -0.39 is 0 Å². The van der Waals surface area contributed by atoms with Gasteiger partial charge in [0.25, 0.3) is 0 Å². The molecule has 0 bridgehead atoms. The summed E-state index contributed by atoms with van der Waals surface area (Å²) in [5, 5.41) is 5.37. The highest BCUT2D eigenvalue weighted by Gasteiger charge is 2.31. The van der Waals surface area contributed by atoms with Crippen molar-refractivity contribution in [2.45, 2.75) is 44.9 Å². The number of thiazole rings is 1. The van der Waals surface area contributed by atoms with Crippen LogP contribution in [0.4, 0.5) is 5.13 Å². The minimum Gasteiger partial charge on any atom is -0.342 e. The third-order valence-corrected chi connectivity index (χ3v) is 5.48. The molecule has 1 aliphatic heterocycles. The quantitative estimate of drug-likeness (QED) is 0.931. The molecule has 1 saturated heterocycles. The molecule has 3 rings (SSSR count). The highest BCUT2D eigenvalue weighted by molar-refractivity contribution is 7.13. The fraction of sp³-hybridized carbons (Fsp3) is 0.688. The first-order chi connectivity index (χ1) is 10.7. The Morgan fingerprint density at radius 2 is 1.82 bits per heavy atom. The van der Waals surface area contributed by atoms with Crippen LogP contribution in [0.15, 0.2) is 11.6 Å². The van der Waals surface area contributed by atoms with Gasteiger partial charge in [0.15, 0.2) is 5.13 Å². The van der Waals surface area contributed by atoms with E-state index in [1.54, 1.807) is 6.20 Å². The van der Waals surface area contributed by atoms with E-state index in [2.05, 4.69) is 10.3 Å². The van der Waals surface area contributed by atoms with Gasteiger partial charge in [0.1, 0.15) is 0 Å². The molecule has 0 atom stereocenters. The zero-order valence-corrected chi connectivity index (χ0v) is 13.6. The minimum atomic E-state index is -0.000643. The number of nitrogens with one attached hydrogen (secondary N) is 1. The number of likely N-dealkylation sites (tertiary alicyclic amines) is 1. The summed E-state index contributed by atoms with van der Waals surface area (Å²) >= 11 is 1.43. The SMILES string of the molecule is O=C(Nc1nccs1)C1CCN(C(=O)C2CCCCC2)CC1. The number of carbonyl (C=O) groups excluding carboxylic acids is 2. The van der Waals surface area contributed by atoms with E-state index in [0.717, 1.165) is 25.7 Å². The number of aromatic nitrogens is 1. The zero-order chi connectivity index (χ0) is 15.4. The summed E-state index contributed by atoms with van der Waals surface area (Å²) < 4.78 is 0. The van der Waals surface area contributed by atoms with Gasteiger partial charge in [-0.3, -0.25) is 9.59 Å². The molecule has 6 heteroatoms. The van der Waals surface area contributed by atoms with E-state index in [9.17, 15) is 9.59 Å². The van der Waals surface area contributed by atoms with E-state index in [1.165, 1.54) is 30.6 Å². The van der Waals surface area contributed by atoms with E-state index >= 15 is 0 Å². The van der Waals surface area contributed by atoms with Crippen molar-refractivity contribution >= 4 is 28.3 Å². The van der Waals surface area contributed by atoms with E-state index in [-0.39, 0.29) is 17.7 Å². The number of anilines is 1. The second-order valence-corrected chi connectivity index (χ2v) is 7.16. The molecule has 120 valence electrons. The lowest BCUT2D eigenvalue weighted by molar-refractivity contribution is -0.139. The molecule has 1 N–H and O–H groups in total. The lowest BCUT2D eigenvalue weighted by atomic mass is 9.87. The van der Waals surface area contributed by atoms with Crippen molar-refractivity contribution in [3.05, 3.63) is 11.6 Å². The first-order valence-corrected chi connectivity index (χ1v) is 9.11. The van der Waals surface area contributed by atoms with Crippen LogP contribution in [0.25, 0.3) is 0 Å². The Balaban J connectivity index is 1.47. The van der Waals surface area contributed by atoms with Gasteiger partial charge in [0, 0.05) is 36.5 Å². The number of hydrogen-bond donors (Lipinski definition) is 1. The topological polar surface area (TPSA) is 62.3 Å². The minimum absolute atomic E-state index is 0.000643. The molecule has 22 heavy (non-hydrogen) atoms. The number of amides is 2. The molecule has 2 heterocycles. The van der Waals surface area contributed by atoms with Gasteiger partial charge < -0.3 is 10.2 Å². The lowest BCUT2D eigenvalue weighted by Crippen LogP contribution is -2.44. The summed E-state index contributed by atoms with van der Waals surface area (Å²) in [5.74, 6) is 0.590. The molecule has 2 aliphatic rings.